The van der Waals surface area contributed by atoms with Crippen LogP contribution in [0.25, 0.3) is 11.0 Å². The molecule has 2 aromatic heterocycles. The lowest BCUT2D eigenvalue weighted by Gasteiger charge is -2.26. The molecule has 0 bridgehead atoms. The summed E-state index contributed by atoms with van der Waals surface area (Å²) in [6.45, 7) is 7.45. The van der Waals surface area contributed by atoms with Gasteiger partial charge in [-0.05, 0) is 38.5 Å². The number of benzene rings is 1. The average Bonchev–Trinajstić information content (AvgIpc) is 3.36. The van der Waals surface area contributed by atoms with Gasteiger partial charge in [0.1, 0.15) is 22.5 Å². The van der Waals surface area contributed by atoms with Crippen molar-refractivity contribution in [1.82, 2.24) is 19.4 Å². The molecular formula is C23H27ClN4O3. The second-order valence-corrected chi connectivity index (χ2v) is 8.32. The number of ether oxygens (including phenoxy) is 2. The molecule has 3 atom stereocenters. The standard InChI is InChI=1S/C23H27ClN4O3/c1-5-27-13-25-19-11-20(24)26-23(22(19)27)31-15(3)17-10-21(29)28(12-17)14(2)16-6-8-18(30-4)9-7-16/h6-9,11,13-15,17H,5,10,12H2,1-4H3/t14-,15-,17?/m1/s1. The molecule has 1 fully saturated rings. The van der Waals surface area contributed by atoms with Crippen LogP contribution in [0.2, 0.25) is 5.15 Å². The molecule has 31 heavy (non-hydrogen) atoms. The SMILES string of the molecule is CCn1cnc2cc(Cl)nc(O[C@H](C)C3CC(=O)N([C@H](C)c4ccc(OC)cc4)C3)c21. The van der Waals surface area contributed by atoms with Crippen molar-refractivity contribution in [2.45, 2.75) is 45.9 Å². The van der Waals surface area contributed by atoms with Gasteiger partial charge in [-0.3, -0.25) is 4.79 Å². The number of amides is 1. The zero-order chi connectivity index (χ0) is 22.1. The number of rotatable bonds is 7. The summed E-state index contributed by atoms with van der Waals surface area (Å²) in [5, 5.41) is 0.341. The van der Waals surface area contributed by atoms with Crippen LogP contribution >= 0.6 is 11.6 Å². The van der Waals surface area contributed by atoms with Crippen molar-refractivity contribution in [2.24, 2.45) is 5.92 Å². The van der Waals surface area contributed by atoms with E-state index >= 15 is 0 Å². The lowest BCUT2D eigenvalue weighted by Crippen LogP contribution is -2.31. The topological polar surface area (TPSA) is 69.5 Å². The Morgan fingerprint density at radius 1 is 1.26 bits per heavy atom. The Kier molecular flexibility index (Phi) is 6.05. The Bertz CT molecular complexity index is 1080. The third-order valence-corrected chi connectivity index (χ3v) is 6.28. The molecule has 1 aromatic carbocycles. The minimum absolute atomic E-state index is 0.0202. The summed E-state index contributed by atoms with van der Waals surface area (Å²) in [4.78, 5) is 23.5. The van der Waals surface area contributed by atoms with Crippen LogP contribution in [0.1, 0.15) is 38.8 Å². The first-order chi connectivity index (χ1) is 14.9. The van der Waals surface area contributed by atoms with Crippen LogP contribution in [0.15, 0.2) is 36.7 Å². The maximum absolute atomic E-state index is 12.8. The van der Waals surface area contributed by atoms with Gasteiger partial charge in [0.2, 0.25) is 11.8 Å². The van der Waals surface area contributed by atoms with E-state index in [1.165, 1.54) is 0 Å². The van der Waals surface area contributed by atoms with Crippen LogP contribution < -0.4 is 9.47 Å². The number of imidazole rings is 1. The molecule has 0 spiro atoms. The predicted molar refractivity (Wildman–Crippen MR) is 120 cm³/mol. The van der Waals surface area contributed by atoms with Crippen LogP contribution in [0.5, 0.6) is 11.6 Å². The molecule has 3 heterocycles. The van der Waals surface area contributed by atoms with Crippen LogP contribution in [-0.2, 0) is 11.3 Å². The van der Waals surface area contributed by atoms with Gasteiger partial charge in [0.25, 0.3) is 0 Å². The number of pyridine rings is 1. The molecule has 1 aliphatic rings. The van der Waals surface area contributed by atoms with E-state index in [0.717, 1.165) is 28.9 Å². The van der Waals surface area contributed by atoms with Crippen LogP contribution in [0.3, 0.4) is 0 Å². The number of hydrogen-bond donors (Lipinski definition) is 0. The number of carbonyl (C=O) groups is 1. The van der Waals surface area contributed by atoms with E-state index in [-0.39, 0.29) is 24.0 Å². The summed E-state index contributed by atoms with van der Waals surface area (Å²) in [7, 11) is 1.64. The highest BCUT2D eigenvalue weighted by atomic mass is 35.5. The Hall–Kier alpha value is -2.80. The number of fused-ring (bicyclic) bond motifs is 1. The summed E-state index contributed by atoms with van der Waals surface area (Å²) in [5.41, 5.74) is 2.65. The molecule has 0 radical (unpaired) electrons. The second-order valence-electron chi connectivity index (χ2n) is 7.93. The smallest absolute Gasteiger partial charge is 0.241 e. The summed E-state index contributed by atoms with van der Waals surface area (Å²) < 4.78 is 13.5. The van der Waals surface area contributed by atoms with Crippen molar-refractivity contribution < 1.29 is 14.3 Å². The lowest BCUT2D eigenvalue weighted by atomic mass is 10.0. The fraction of sp³-hybridized carbons (Fsp3) is 0.435. The molecule has 1 unspecified atom stereocenters. The van der Waals surface area contributed by atoms with E-state index in [4.69, 9.17) is 21.1 Å². The molecule has 164 valence electrons. The summed E-state index contributed by atoms with van der Waals surface area (Å²) in [5.74, 6) is 1.45. The lowest BCUT2D eigenvalue weighted by molar-refractivity contribution is -0.129. The molecule has 0 aliphatic carbocycles. The zero-order valence-electron chi connectivity index (χ0n) is 18.2. The number of aromatic nitrogens is 3. The molecule has 1 aliphatic heterocycles. The first-order valence-corrected chi connectivity index (χ1v) is 10.9. The number of aryl methyl sites for hydroxylation is 1. The molecule has 4 rings (SSSR count). The van der Waals surface area contributed by atoms with Gasteiger partial charge < -0.3 is 18.9 Å². The summed E-state index contributed by atoms with van der Waals surface area (Å²) in [6.07, 6.45) is 2.00. The van der Waals surface area contributed by atoms with Gasteiger partial charge in [-0.15, -0.1) is 0 Å². The zero-order valence-corrected chi connectivity index (χ0v) is 19.0. The van der Waals surface area contributed by atoms with Gasteiger partial charge in [-0.2, -0.15) is 4.98 Å². The number of halogens is 1. The first kappa shape index (κ1) is 21.4. The summed E-state index contributed by atoms with van der Waals surface area (Å²) >= 11 is 6.19. The maximum Gasteiger partial charge on any atom is 0.241 e. The predicted octanol–water partition coefficient (Wildman–Crippen LogP) is 4.49. The van der Waals surface area contributed by atoms with Crippen molar-refractivity contribution in [3.63, 3.8) is 0 Å². The van der Waals surface area contributed by atoms with E-state index in [1.807, 2.05) is 47.6 Å². The molecule has 0 saturated carbocycles. The Morgan fingerprint density at radius 3 is 2.68 bits per heavy atom. The van der Waals surface area contributed by atoms with Crippen LogP contribution in [0.4, 0.5) is 0 Å². The minimum atomic E-state index is -0.202. The Morgan fingerprint density at radius 2 is 2.00 bits per heavy atom. The third kappa shape index (κ3) is 4.19. The Labute approximate surface area is 186 Å². The number of carbonyl (C=O) groups excluding carboxylic acids is 1. The number of methoxy groups -OCH3 is 1. The van der Waals surface area contributed by atoms with Gasteiger partial charge in [0.05, 0.1) is 25.0 Å². The van der Waals surface area contributed by atoms with E-state index in [2.05, 4.69) is 16.9 Å². The highest BCUT2D eigenvalue weighted by Gasteiger charge is 2.37. The fourth-order valence-corrected chi connectivity index (χ4v) is 4.32. The molecule has 1 saturated heterocycles. The van der Waals surface area contributed by atoms with Gasteiger partial charge in [-0.1, -0.05) is 23.7 Å². The van der Waals surface area contributed by atoms with Gasteiger partial charge in [0.15, 0.2) is 0 Å². The first-order valence-electron chi connectivity index (χ1n) is 10.5. The van der Waals surface area contributed by atoms with Crippen molar-refractivity contribution in [1.29, 1.82) is 0 Å². The van der Waals surface area contributed by atoms with Gasteiger partial charge in [0, 0.05) is 31.5 Å². The number of hydrogen-bond acceptors (Lipinski definition) is 5. The largest absolute Gasteiger partial charge is 0.497 e. The molecule has 3 aromatic rings. The normalized spacial score (nSPS) is 18.4. The third-order valence-electron chi connectivity index (χ3n) is 6.09. The van der Waals surface area contributed by atoms with Gasteiger partial charge >= 0.3 is 0 Å². The monoisotopic (exact) mass is 442 g/mol. The van der Waals surface area contributed by atoms with E-state index < -0.39 is 0 Å². The number of nitrogens with zero attached hydrogens (tertiary/aromatic N) is 4. The average molecular weight is 443 g/mol. The molecule has 7 nitrogen and oxygen atoms in total. The van der Waals surface area contributed by atoms with Crippen molar-refractivity contribution in [3.05, 3.63) is 47.4 Å². The van der Waals surface area contributed by atoms with E-state index in [9.17, 15) is 4.79 Å². The fourth-order valence-electron chi connectivity index (χ4n) is 4.14. The highest BCUT2D eigenvalue weighted by molar-refractivity contribution is 6.30. The van der Waals surface area contributed by atoms with E-state index in [0.29, 0.717) is 24.0 Å². The van der Waals surface area contributed by atoms with Crippen LogP contribution in [0, 0.1) is 5.92 Å². The Balaban J connectivity index is 1.50. The molecule has 0 N–H and O–H groups in total. The van der Waals surface area contributed by atoms with Crippen molar-refractivity contribution >= 4 is 28.5 Å². The number of likely N-dealkylation sites (tertiary alicyclic amines) is 1. The van der Waals surface area contributed by atoms with Crippen LogP contribution in [-0.4, -0.2) is 45.1 Å². The second kappa shape index (κ2) is 8.75. The molecule has 1 amide bonds. The van der Waals surface area contributed by atoms with Crippen molar-refractivity contribution in [2.75, 3.05) is 13.7 Å². The van der Waals surface area contributed by atoms with E-state index in [1.54, 1.807) is 19.5 Å². The minimum Gasteiger partial charge on any atom is -0.497 e. The quantitative estimate of drug-likeness (QED) is 0.504. The summed E-state index contributed by atoms with van der Waals surface area (Å²) in [6, 6.07) is 9.56. The highest BCUT2D eigenvalue weighted by Crippen LogP contribution is 2.33. The van der Waals surface area contributed by atoms with Gasteiger partial charge in [-0.25, -0.2) is 4.98 Å². The molecule has 8 heteroatoms. The van der Waals surface area contributed by atoms with Crippen molar-refractivity contribution in [3.8, 4) is 11.6 Å². The maximum atomic E-state index is 12.8. The molecular weight excluding hydrogens is 416 g/mol.